The normalized spacial score (nSPS) is 14.7. The lowest BCUT2D eigenvalue weighted by molar-refractivity contribution is -0.205. The fourth-order valence-electron chi connectivity index (χ4n) is 1.13. The maximum atomic E-state index is 12.7. The minimum absolute atomic E-state index is 0.235. The first-order valence-corrected chi connectivity index (χ1v) is 6.21. The minimum atomic E-state index is -5.03. The van der Waals surface area contributed by atoms with Crippen LogP contribution in [0.25, 0.3) is 0 Å². The Labute approximate surface area is 116 Å². The number of amides is 1. The van der Waals surface area contributed by atoms with Crippen molar-refractivity contribution in [1.29, 1.82) is 0 Å². The number of carboxylic acid groups (broad SMARTS) is 1. The maximum Gasteiger partial charge on any atom is 0.417 e. The van der Waals surface area contributed by atoms with Crippen molar-refractivity contribution in [1.82, 2.24) is 10.3 Å². The molecule has 1 aromatic rings. The number of aliphatic carboxylic acids is 1. The molecule has 0 bridgehead atoms. The summed E-state index contributed by atoms with van der Waals surface area (Å²) in [6.07, 6.45) is -5.03. The van der Waals surface area contributed by atoms with Crippen molar-refractivity contribution in [3.8, 4) is 0 Å². The van der Waals surface area contributed by atoms with E-state index in [4.69, 9.17) is 5.11 Å². The monoisotopic (exact) mass is 311 g/mol. The number of rotatable bonds is 5. The second-order valence-corrected chi connectivity index (χ2v) is 4.98. The van der Waals surface area contributed by atoms with Crippen LogP contribution in [0.15, 0.2) is 5.38 Å². The van der Waals surface area contributed by atoms with E-state index in [0.717, 1.165) is 11.3 Å². The molecule has 0 spiro atoms. The van der Waals surface area contributed by atoms with E-state index in [1.807, 2.05) is 0 Å². The molecule has 0 fully saturated rings. The third-order valence-corrected chi connectivity index (χ3v) is 3.34. The number of aryl methyl sites for hydroxylation is 1. The summed E-state index contributed by atoms with van der Waals surface area (Å²) in [4.78, 5) is 26.1. The van der Waals surface area contributed by atoms with E-state index in [1.165, 1.54) is 0 Å². The molecule has 1 amide bonds. The average molecular weight is 311 g/mol. The maximum absolute atomic E-state index is 12.7. The molecule has 0 aliphatic carbocycles. The summed E-state index contributed by atoms with van der Waals surface area (Å²) >= 11 is 1.11. The summed E-state index contributed by atoms with van der Waals surface area (Å²) in [5.41, 5.74) is -2.53. The van der Waals surface area contributed by atoms with Gasteiger partial charge in [0.25, 0.3) is 0 Å². The van der Waals surface area contributed by atoms with Crippen molar-refractivity contribution >= 4 is 28.3 Å². The second-order valence-electron chi connectivity index (χ2n) is 4.12. The molecule has 1 rings (SSSR count). The van der Waals surface area contributed by atoms with Crippen LogP contribution in [0, 0.1) is 6.92 Å². The van der Waals surface area contributed by atoms with Crippen molar-refractivity contribution in [2.24, 2.45) is 0 Å². The molecular weight excluding hydrogens is 299 g/mol. The van der Waals surface area contributed by atoms with Crippen LogP contribution in [0.5, 0.6) is 0 Å². The summed E-state index contributed by atoms with van der Waals surface area (Å²) in [5, 5.41) is 14.5. The number of halogens is 3. The van der Waals surface area contributed by atoms with E-state index in [2.05, 4.69) is 10.3 Å². The summed E-state index contributed by atoms with van der Waals surface area (Å²) in [6, 6.07) is 0. The second kappa shape index (κ2) is 5.75. The topological polar surface area (TPSA) is 91.3 Å². The van der Waals surface area contributed by atoms with Gasteiger partial charge in [-0.2, -0.15) is 13.2 Å². The van der Waals surface area contributed by atoms with Gasteiger partial charge in [0.1, 0.15) is 0 Å². The number of carbonyl (C=O) groups excluding carboxylic acids is 1. The lowest BCUT2D eigenvalue weighted by Crippen LogP contribution is -2.61. The Hall–Kier alpha value is -1.68. The van der Waals surface area contributed by atoms with Crippen LogP contribution in [0.1, 0.15) is 12.6 Å². The lowest BCUT2D eigenvalue weighted by Gasteiger charge is -2.28. The predicted molar refractivity (Wildman–Crippen MR) is 65.6 cm³/mol. The zero-order valence-electron chi connectivity index (χ0n) is 10.5. The summed E-state index contributed by atoms with van der Waals surface area (Å²) in [7, 11) is 0. The molecule has 0 saturated heterocycles. The van der Waals surface area contributed by atoms with Crippen LogP contribution in [-0.4, -0.2) is 40.2 Å². The average Bonchev–Trinajstić information content (AvgIpc) is 2.69. The zero-order valence-corrected chi connectivity index (χ0v) is 11.4. The fraction of sp³-hybridized carbons (Fsp3) is 0.500. The third kappa shape index (κ3) is 3.67. The molecule has 20 heavy (non-hydrogen) atoms. The predicted octanol–water partition coefficient (Wildman–Crippen LogP) is 1.39. The smallest absolute Gasteiger partial charge is 0.417 e. The van der Waals surface area contributed by atoms with Crippen LogP contribution in [0.2, 0.25) is 0 Å². The highest BCUT2D eigenvalue weighted by atomic mass is 32.1. The molecule has 1 heterocycles. The third-order valence-electron chi connectivity index (χ3n) is 2.46. The Morgan fingerprint density at radius 2 is 2.05 bits per heavy atom. The van der Waals surface area contributed by atoms with E-state index in [0.29, 0.717) is 12.6 Å². The Balaban J connectivity index is 2.65. The molecule has 0 saturated carbocycles. The molecule has 1 unspecified atom stereocenters. The number of alkyl halides is 3. The molecule has 0 aliphatic rings. The molecule has 1 atom stereocenters. The van der Waals surface area contributed by atoms with Gasteiger partial charge in [-0.15, -0.1) is 11.3 Å². The van der Waals surface area contributed by atoms with Crippen molar-refractivity contribution in [3.63, 3.8) is 0 Å². The molecule has 112 valence electrons. The van der Waals surface area contributed by atoms with E-state index < -0.39 is 30.1 Å². The molecule has 0 aromatic carbocycles. The zero-order chi connectivity index (χ0) is 15.6. The Bertz CT molecular complexity index is 517. The number of carbonyl (C=O) groups is 2. The van der Waals surface area contributed by atoms with Gasteiger partial charge in [-0.25, -0.2) is 9.78 Å². The number of aromatic nitrogens is 1. The van der Waals surface area contributed by atoms with Gasteiger partial charge in [0.2, 0.25) is 11.4 Å². The van der Waals surface area contributed by atoms with E-state index >= 15 is 0 Å². The van der Waals surface area contributed by atoms with Gasteiger partial charge >= 0.3 is 12.1 Å². The number of hydrogen-bond acceptors (Lipinski definition) is 5. The SMILES string of the molecule is Cc1csc(NC(=O)CNC(C)(C(=O)O)C(F)(F)F)n1. The van der Waals surface area contributed by atoms with Crippen molar-refractivity contribution < 1.29 is 27.9 Å². The highest BCUT2D eigenvalue weighted by molar-refractivity contribution is 7.13. The van der Waals surface area contributed by atoms with Crippen LogP contribution >= 0.6 is 11.3 Å². The van der Waals surface area contributed by atoms with Crippen LogP contribution in [0.3, 0.4) is 0 Å². The fourth-order valence-corrected chi connectivity index (χ4v) is 1.83. The lowest BCUT2D eigenvalue weighted by atomic mass is 10.0. The molecule has 10 heteroatoms. The number of hydrogen-bond donors (Lipinski definition) is 3. The molecule has 0 aliphatic heterocycles. The van der Waals surface area contributed by atoms with Crippen LogP contribution in [0.4, 0.5) is 18.3 Å². The number of anilines is 1. The number of nitrogens with zero attached hydrogens (tertiary/aromatic N) is 1. The van der Waals surface area contributed by atoms with Gasteiger partial charge in [0, 0.05) is 5.38 Å². The molecule has 6 nitrogen and oxygen atoms in total. The van der Waals surface area contributed by atoms with E-state index in [-0.39, 0.29) is 5.13 Å². The van der Waals surface area contributed by atoms with E-state index in [9.17, 15) is 22.8 Å². The van der Waals surface area contributed by atoms with Gasteiger partial charge in [-0.1, -0.05) is 0 Å². The largest absolute Gasteiger partial charge is 0.480 e. The quantitative estimate of drug-likeness (QED) is 0.764. The van der Waals surface area contributed by atoms with E-state index in [1.54, 1.807) is 17.6 Å². The van der Waals surface area contributed by atoms with Gasteiger partial charge in [-0.05, 0) is 13.8 Å². The first kappa shape index (κ1) is 16.4. The number of carboxylic acids is 1. The Morgan fingerprint density at radius 1 is 1.45 bits per heavy atom. The Morgan fingerprint density at radius 3 is 2.45 bits per heavy atom. The van der Waals surface area contributed by atoms with Crippen molar-refractivity contribution in [3.05, 3.63) is 11.1 Å². The molecule has 3 N–H and O–H groups in total. The number of nitrogens with one attached hydrogen (secondary N) is 2. The van der Waals surface area contributed by atoms with Crippen molar-refractivity contribution in [2.45, 2.75) is 25.6 Å². The highest BCUT2D eigenvalue weighted by Gasteiger charge is 2.57. The Kier molecular flexibility index (Phi) is 4.71. The summed E-state index contributed by atoms with van der Waals surface area (Å²) in [5.74, 6) is -2.92. The van der Waals surface area contributed by atoms with Gasteiger partial charge in [0.05, 0.1) is 12.2 Å². The summed E-state index contributed by atoms with van der Waals surface area (Å²) < 4.78 is 38.0. The highest BCUT2D eigenvalue weighted by Crippen LogP contribution is 2.30. The van der Waals surface area contributed by atoms with Crippen molar-refractivity contribution in [2.75, 3.05) is 11.9 Å². The first-order valence-electron chi connectivity index (χ1n) is 5.33. The molecule has 0 radical (unpaired) electrons. The standard InChI is InChI=1S/C10H12F3N3O3S/c1-5-4-20-8(15-5)16-6(17)3-14-9(2,7(18)19)10(11,12)13/h4,14H,3H2,1-2H3,(H,18,19)(H,15,16,17). The van der Waals surface area contributed by atoms with Crippen LogP contribution in [-0.2, 0) is 9.59 Å². The van der Waals surface area contributed by atoms with Gasteiger partial charge in [-0.3, -0.25) is 10.1 Å². The molecule has 1 aromatic heterocycles. The molecular formula is C10H12F3N3O3S. The first-order chi connectivity index (χ1) is 9.06. The van der Waals surface area contributed by atoms with Crippen LogP contribution < -0.4 is 10.6 Å². The minimum Gasteiger partial charge on any atom is -0.480 e. The van der Waals surface area contributed by atoms with Gasteiger partial charge in [0.15, 0.2) is 5.13 Å². The number of thiazole rings is 1. The summed E-state index contributed by atoms with van der Waals surface area (Å²) in [6.45, 7) is 1.34. The van der Waals surface area contributed by atoms with Gasteiger partial charge < -0.3 is 10.4 Å².